The van der Waals surface area contributed by atoms with Crippen LogP contribution in [0.1, 0.15) is 13.8 Å². The fraction of sp³-hybridized carbons (Fsp3) is 0.875. The molecule has 1 amide bonds. The summed E-state index contributed by atoms with van der Waals surface area (Å²) in [5.41, 5.74) is 0.0635. The van der Waals surface area contributed by atoms with Crippen molar-refractivity contribution in [2.75, 3.05) is 27.2 Å². The van der Waals surface area contributed by atoms with E-state index in [1.165, 1.54) is 0 Å². The van der Waals surface area contributed by atoms with Gasteiger partial charge in [-0.15, -0.1) is 0 Å². The van der Waals surface area contributed by atoms with Crippen molar-refractivity contribution in [1.82, 2.24) is 10.2 Å². The van der Waals surface area contributed by atoms with E-state index in [0.29, 0.717) is 6.54 Å². The Kier molecular flexibility index (Phi) is 4.57. The maximum Gasteiger partial charge on any atom is 0.313 e. The highest BCUT2D eigenvalue weighted by atomic mass is 35.5. The van der Waals surface area contributed by atoms with E-state index in [0.717, 1.165) is 6.54 Å². The number of carbonyl (C=O) groups excluding carboxylic acids is 1. The zero-order valence-electron chi connectivity index (χ0n) is 8.15. The van der Waals surface area contributed by atoms with E-state index in [-0.39, 0.29) is 5.41 Å². The number of hydrogen-bond donors (Lipinski definition) is 1. The summed E-state index contributed by atoms with van der Waals surface area (Å²) in [6.45, 7) is 5.69. The van der Waals surface area contributed by atoms with E-state index in [4.69, 9.17) is 11.6 Å². The predicted octanol–water partition coefficient (Wildman–Crippen LogP) is 1.52. The van der Waals surface area contributed by atoms with E-state index in [2.05, 4.69) is 24.1 Å². The minimum absolute atomic E-state index is 0.0635. The molecule has 12 heavy (non-hydrogen) atoms. The molecule has 0 atom stereocenters. The van der Waals surface area contributed by atoms with Crippen LogP contribution >= 0.6 is 11.6 Å². The van der Waals surface area contributed by atoms with E-state index < -0.39 is 5.37 Å². The van der Waals surface area contributed by atoms with Gasteiger partial charge < -0.3 is 10.2 Å². The number of nitrogens with zero attached hydrogens (tertiary/aromatic N) is 1. The van der Waals surface area contributed by atoms with E-state index in [9.17, 15) is 4.79 Å². The number of amides is 1. The van der Waals surface area contributed by atoms with Crippen molar-refractivity contribution in [3.63, 3.8) is 0 Å². The molecule has 0 aliphatic carbocycles. The summed E-state index contributed by atoms with van der Waals surface area (Å²) in [6, 6.07) is 0. The molecule has 0 rings (SSSR count). The van der Waals surface area contributed by atoms with Crippen molar-refractivity contribution >= 4 is 17.0 Å². The number of carbonyl (C=O) groups is 1. The second kappa shape index (κ2) is 4.67. The van der Waals surface area contributed by atoms with E-state index >= 15 is 0 Å². The predicted molar refractivity (Wildman–Crippen MR) is 51.6 cm³/mol. The van der Waals surface area contributed by atoms with Crippen molar-refractivity contribution < 1.29 is 4.79 Å². The molecule has 0 radical (unpaired) electrons. The van der Waals surface area contributed by atoms with Crippen LogP contribution in [0, 0.1) is 5.41 Å². The Morgan fingerprint density at radius 1 is 1.50 bits per heavy atom. The molecular weight excluding hydrogens is 176 g/mol. The highest BCUT2D eigenvalue weighted by Gasteiger charge is 2.18. The largest absolute Gasteiger partial charge is 0.342 e. The standard InChI is InChI=1S/C8H17ClN2O/c1-8(2,6-11(3)4)5-10-7(9)12/h5-6H2,1-4H3,(H,10,12). The third-order valence-corrected chi connectivity index (χ3v) is 1.58. The lowest BCUT2D eigenvalue weighted by atomic mass is 9.93. The van der Waals surface area contributed by atoms with Gasteiger partial charge in [0.2, 0.25) is 0 Å². The first-order chi connectivity index (χ1) is 5.33. The molecule has 0 saturated carbocycles. The third kappa shape index (κ3) is 6.43. The number of halogens is 1. The highest BCUT2D eigenvalue weighted by molar-refractivity contribution is 6.62. The second-order valence-electron chi connectivity index (χ2n) is 4.03. The third-order valence-electron chi connectivity index (χ3n) is 1.45. The van der Waals surface area contributed by atoms with Gasteiger partial charge in [-0.3, -0.25) is 4.79 Å². The molecular formula is C8H17ClN2O. The maximum absolute atomic E-state index is 10.4. The summed E-state index contributed by atoms with van der Waals surface area (Å²) in [7, 11) is 4.01. The minimum atomic E-state index is -0.484. The molecule has 0 spiro atoms. The summed E-state index contributed by atoms with van der Waals surface area (Å²) >= 11 is 5.16. The molecule has 0 aromatic rings. The quantitative estimate of drug-likeness (QED) is 0.541. The second-order valence-corrected chi connectivity index (χ2v) is 4.37. The van der Waals surface area contributed by atoms with Gasteiger partial charge in [-0.1, -0.05) is 13.8 Å². The highest BCUT2D eigenvalue weighted by Crippen LogP contribution is 2.13. The number of nitrogens with one attached hydrogen (secondary N) is 1. The summed E-state index contributed by atoms with van der Waals surface area (Å²) in [5.74, 6) is 0. The average molecular weight is 193 g/mol. The lowest BCUT2D eigenvalue weighted by molar-refractivity contribution is 0.226. The summed E-state index contributed by atoms with van der Waals surface area (Å²) in [4.78, 5) is 12.5. The molecule has 4 heteroatoms. The first kappa shape index (κ1) is 11.7. The molecule has 3 nitrogen and oxygen atoms in total. The van der Waals surface area contributed by atoms with Gasteiger partial charge in [-0.05, 0) is 31.1 Å². The van der Waals surface area contributed by atoms with Crippen molar-refractivity contribution in [2.45, 2.75) is 13.8 Å². The van der Waals surface area contributed by atoms with Crippen molar-refractivity contribution in [3.05, 3.63) is 0 Å². The van der Waals surface area contributed by atoms with Crippen LogP contribution < -0.4 is 5.32 Å². The zero-order valence-corrected chi connectivity index (χ0v) is 8.90. The van der Waals surface area contributed by atoms with Gasteiger partial charge >= 0.3 is 5.37 Å². The van der Waals surface area contributed by atoms with Crippen LogP contribution in [-0.2, 0) is 0 Å². The Morgan fingerprint density at radius 2 is 2.00 bits per heavy atom. The molecule has 0 aromatic carbocycles. The number of hydrogen-bond acceptors (Lipinski definition) is 2. The molecule has 72 valence electrons. The Bertz CT molecular complexity index is 157. The summed E-state index contributed by atoms with van der Waals surface area (Å²) < 4.78 is 0. The Labute approximate surface area is 79.1 Å². The molecule has 0 aliphatic rings. The molecule has 0 heterocycles. The van der Waals surface area contributed by atoms with Gasteiger partial charge in [0, 0.05) is 13.1 Å². The Balaban J connectivity index is 3.78. The molecule has 0 bridgehead atoms. The fourth-order valence-electron chi connectivity index (χ4n) is 1.22. The first-order valence-electron chi connectivity index (χ1n) is 3.91. The monoisotopic (exact) mass is 192 g/mol. The van der Waals surface area contributed by atoms with Crippen LogP contribution in [0.3, 0.4) is 0 Å². The van der Waals surface area contributed by atoms with E-state index in [1.54, 1.807) is 0 Å². The topological polar surface area (TPSA) is 32.3 Å². The van der Waals surface area contributed by atoms with Gasteiger partial charge in [0.15, 0.2) is 0 Å². The van der Waals surface area contributed by atoms with Gasteiger partial charge in [-0.2, -0.15) is 0 Å². The van der Waals surface area contributed by atoms with Crippen molar-refractivity contribution in [1.29, 1.82) is 0 Å². The molecule has 1 N–H and O–H groups in total. The average Bonchev–Trinajstić information content (AvgIpc) is 1.81. The first-order valence-corrected chi connectivity index (χ1v) is 4.29. The van der Waals surface area contributed by atoms with Crippen LogP contribution in [0.2, 0.25) is 0 Å². The molecule has 0 fully saturated rings. The van der Waals surface area contributed by atoms with Crippen molar-refractivity contribution in [2.24, 2.45) is 5.41 Å². The summed E-state index contributed by atoms with van der Waals surface area (Å²) in [6.07, 6.45) is 0. The SMILES string of the molecule is CN(C)CC(C)(C)CNC(=O)Cl. The normalized spacial score (nSPS) is 11.8. The minimum Gasteiger partial charge on any atom is -0.342 e. The molecule has 0 saturated heterocycles. The van der Waals surface area contributed by atoms with Gasteiger partial charge in [0.1, 0.15) is 0 Å². The van der Waals surface area contributed by atoms with Crippen molar-refractivity contribution in [3.8, 4) is 0 Å². The lowest BCUT2D eigenvalue weighted by Crippen LogP contribution is -2.38. The van der Waals surface area contributed by atoms with Crippen LogP contribution in [0.25, 0.3) is 0 Å². The fourth-order valence-corrected chi connectivity index (χ4v) is 1.29. The Morgan fingerprint density at radius 3 is 2.33 bits per heavy atom. The van der Waals surface area contributed by atoms with Gasteiger partial charge in [-0.25, -0.2) is 0 Å². The lowest BCUT2D eigenvalue weighted by Gasteiger charge is -2.27. The molecule has 0 aliphatic heterocycles. The molecule has 0 unspecified atom stereocenters. The summed E-state index contributed by atoms with van der Waals surface area (Å²) in [5, 5.41) is 2.11. The zero-order chi connectivity index (χ0) is 9.78. The van der Waals surface area contributed by atoms with Gasteiger partial charge in [0.25, 0.3) is 0 Å². The van der Waals surface area contributed by atoms with Crippen LogP contribution in [0.4, 0.5) is 4.79 Å². The van der Waals surface area contributed by atoms with Crippen LogP contribution in [0.15, 0.2) is 0 Å². The van der Waals surface area contributed by atoms with Crippen LogP contribution in [0.5, 0.6) is 0 Å². The smallest absolute Gasteiger partial charge is 0.313 e. The number of rotatable bonds is 4. The van der Waals surface area contributed by atoms with Gasteiger partial charge in [0.05, 0.1) is 0 Å². The van der Waals surface area contributed by atoms with Crippen LogP contribution in [-0.4, -0.2) is 37.5 Å². The van der Waals surface area contributed by atoms with E-state index in [1.807, 2.05) is 14.1 Å². The Hall–Kier alpha value is -0.280. The maximum atomic E-state index is 10.4. The molecule has 0 aromatic heterocycles.